The predicted octanol–water partition coefficient (Wildman–Crippen LogP) is 2.22. The van der Waals surface area contributed by atoms with Crippen molar-refractivity contribution in [2.45, 2.75) is 19.5 Å². The van der Waals surface area contributed by atoms with E-state index in [0.29, 0.717) is 17.0 Å². The highest BCUT2D eigenvalue weighted by Gasteiger charge is 2.12. The largest absolute Gasteiger partial charge is 0.369 e. The third-order valence-electron chi connectivity index (χ3n) is 3.07. The second-order valence-electron chi connectivity index (χ2n) is 4.53. The Balaban J connectivity index is 2.45. The lowest BCUT2D eigenvalue weighted by Crippen LogP contribution is -2.29. The Bertz CT molecular complexity index is 533. The summed E-state index contributed by atoms with van der Waals surface area (Å²) < 4.78 is 2.01. The zero-order chi connectivity index (χ0) is 12.6. The number of halogens is 1. The van der Waals surface area contributed by atoms with Crippen LogP contribution in [0.4, 0.5) is 5.95 Å². The number of benzene rings is 1. The summed E-state index contributed by atoms with van der Waals surface area (Å²) in [6.45, 7) is 2.95. The van der Waals surface area contributed by atoms with Crippen molar-refractivity contribution in [3.8, 4) is 0 Å². The van der Waals surface area contributed by atoms with Crippen LogP contribution in [0, 0.1) is 0 Å². The van der Waals surface area contributed by atoms with E-state index in [1.165, 1.54) is 0 Å². The molecule has 92 valence electrons. The molecule has 0 amide bonds. The summed E-state index contributed by atoms with van der Waals surface area (Å²) in [4.78, 5) is 6.48. The van der Waals surface area contributed by atoms with Gasteiger partial charge >= 0.3 is 0 Å². The van der Waals surface area contributed by atoms with Crippen molar-refractivity contribution >= 4 is 28.6 Å². The van der Waals surface area contributed by atoms with Crippen molar-refractivity contribution in [1.29, 1.82) is 0 Å². The van der Waals surface area contributed by atoms with Crippen molar-refractivity contribution in [1.82, 2.24) is 14.5 Å². The molecule has 0 spiro atoms. The molecule has 1 aromatic heterocycles. The molecule has 1 unspecified atom stereocenters. The molecular formula is C12H17ClN4. The smallest absolute Gasteiger partial charge is 0.201 e. The Morgan fingerprint density at radius 3 is 2.82 bits per heavy atom. The van der Waals surface area contributed by atoms with E-state index in [0.717, 1.165) is 17.6 Å². The highest BCUT2D eigenvalue weighted by molar-refractivity contribution is 6.31. The summed E-state index contributed by atoms with van der Waals surface area (Å²) in [5, 5.41) is 0.705. The van der Waals surface area contributed by atoms with Crippen molar-refractivity contribution < 1.29 is 0 Å². The number of nitrogens with two attached hydrogens (primary N) is 1. The van der Waals surface area contributed by atoms with Crippen LogP contribution in [0.15, 0.2) is 18.2 Å². The van der Waals surface area contributed by atoms with Gasteiger partial charge in [0, 0.05) is 17.6 Å². The number of aromatic nitrogens is 2. The van der Waals surface area contributed by atoms with Crippen LogP contribution in [0.2, 0.25) is 5.02 Å². The van der Waals surface area contributed by atoms with E-state index >= 15 is 0 Å². The molecule has 5 heteroatoms. The predicted molar refractivity (Wildman–Crippen MR) is 72.3 cm³/mol. The molecule has 1 heterocycles. The maximum atomic E-state index is 6.01. The normalized spacial score (nSPS) is 13.5. The lowest BCUT2D eigenvalue weighted by molar-refractivity contribution is 0.287. The lowest BCUT2D eigenvalue weighted by atomic mass is 10.3. The number of hydrogen-bond donors (Lipinski definition) is 1. The quantitative estimate of drug-likeness (QED) is 0.911. The van der Waals surface area contributed by atoms with Crippen LogP contribution < -0.4 is 5.73 Å². The highest BCUT2D eigenvalue weighted by atomic mass is 35.5. The molecule has 2 N–H and O–H groups in total. The number of likely N-dealkylation sites (N-methyl/N-ethyl adjacent to an activating group) is 1. The summed E-state index contributed by atoms with van der Waals surface area (Å²) in [7, 11) is 4.10. The third-order valence-corrected chi connectivity index (χ3v) is 3.30. The molecule has 2 rings (SSSR count). The SMILES string of the molecule is CC(Cn1c(N)nc2ccc(Cl)cc21)N(C)C. The fourth-order valence-electron chi connectivity index (χ4n) is 1.73. The van der Waals surface area contributed by atoms with Crippen LogP contribution >= 0.6 is 11.6 Å². The molecule has 4 nitrogen and oxygen atoms in total. The standard InChI is InChI=1S/C12H17ClN4/c1-8(16(2)3)7-17-11-6-9(13)4-5-10(11)15-12(17)14/h4-6,8H,7H2,1-3H3,(H2,14,15). The average molecular weight is 253 g/mol. The first-order valence-corrected chi connectivity index (χ1v) is 5.94. The van der Waals surface area contributed by atoms with Crippen LogP contribution in [0.25, 0.3) is 11.0 Å². The minimum Gasteiger partial charge on any atom is -0.369 e. The number of nitrogen functional groups attached to an aromatic ring is 1. The van der Waals surface area contributed by atoms with Gasteiger partial charge in [-0.2, -0.15) is 0 Å². The molecule has 0 saturated heterocycles. The Kier molecular flexibility index (Phi) is 3.26. The lowest BCUT2D eigenvalue weighted by Gasteiger charge is -2.21. The molecule has 0 aliphatic heterocycles. The average Bonchev–Trinajstić information content (AvgIpc) is 2.55. The van der Waals surface area contributed by atoms with Gasteiger partial charge in [0.05, 0.1) is 11.0 Å². The Morgan fingerprint density at radius 2 is 2.18 bits per heavy atom. The molecule has 1 aromatic carbocycles. The van der Waals surface area contributed by atoms with E-state index in [1.54, 1.807) is 0 Å². The van der Waals surface area contributed by atoms with E-state index in [9.17, 15) is 0 Å². The molecule has 17 heavy (non-hydrogen) atoms. The Labute approximate surface area is 106 Å². The minimum absolute atomic E-state index is 0.383. The minimum atomic E-state index is 0.383. The fourth-order valence-corrected chi connectivity index (χ4v) is 1.90. The van der Waals surface area contributed by atoms with Gasteiger partial charge in [-0.1, -0.05) is 11.6 Å². The van der Waals surface area contributed by atoms with E-state index in [1.807, 2.05) is 36.9 Å². The van der Waals surface area contributed by atoms with E-state index in [2.05, 4.69) is 16.8 Å². The van der Waals surface area contributed by atoms with Gasteiger partial charge in [-0.05, 0) is 39.2 Å². The summed E-state index contributed by atoms with van der Waals surface area (Å²) in [5.74, 6) is 0.538. The zero-order valence-corrected chi connectivity index (χ0v) is 11.1. The number of hydrogen-bond acceptors (Lipinski definition) is 3. The maximum Gasteiger partial charge on any atom is 0.201 e. The van der Waals surface area contributed by atoms with Gasteiger partial charge in [0.15, 0.2) is 0 Å². The van der Waals surface area contributed by atoms with Gasteiger partial charge in [-0.15, -0.1) is 0 Å². The second kappa shape index (κ2) is 4.55. The second-order valence-corrected chi connectivity index (χ2v) is 4.96. The molecule has 0 radical (unpaired) electrons. The number of rotatable bonds is 3. The molecule has 0 aliphatic rings. The van der Waals surface area contributed by atoms with Gasteiger partial charge < -0.3 is 15.2 Å². The number of nitrogens with zero attached hydrogens (tertiary/aromatic N) is 3. The van der Waals surface area contributed by atoms with Gasteiger partial charge in [0.1, 0.15) is 0 Å². The van der Waals surface area contributed by atoms with Crippen LogP contribution in [0.1, 0.15) is 6.92 Å². The summed E-state index contributed by atoms with van der Waals surface area (Å²) in [6, 6.07) is 6.01. The van der Waals surface area contributed by atoms with Crippen molar-refractivity contribution in [2.75, 3.05) is 19.8 Å². The number of imidazole rings is 1. The van der Waals surface area contributed by atoms with E-state index < -0.39 is 0 Å². The fraction of sp³-hybridized carbons (Fsp3) is 0.417. The molecule has 0 fully saturated rings. The van der Waals surface area contributed by atoms with Crippen LogP contribution in [0.5, 0.6) is 0 Å². The van der Waals surface area contributed by atoms with Crippen molar-refractivity contribution in [3.63, 3.8) is 0 Å². The monoisotopic (exact) mass is 252 g/mol. The first kappa shape index (κ1) is 12.2. The topological polar surface area (TPSA) is 47.1 Å². The first-order valence-electron chi connectivity index (χ1n) is 5.56. The number of fused-ring (bicyclic) bond motifs is 1. The third kappa shape index (κ3) is 2.37. The highest BCUT2D eigenvalue weighted by Crippen LogP contribution is 2.22. The summed E-state index contributed by atoms with van der Waals surface area (Å²) in [5.41, 5.74) is 7.82. The Morgan fingerprint density at radius 1 is 1.47 bits per heavy atom. The van der Waals surface area contributed by atoms with Crippen LogP contribution in [-0.2, 0) is 6.54 Å². The van der Waals surface area contributed by atoms with E-state index in [-0.39, 0.29) is 0 Å². The molecule has 0 bridgehead atoms. The molecule has 0 aliphatic carbocycles. The molecule has 0 saturated carbocycles. The summed E-state index contributed by atoms with van der Waals surface area (Å²) in [6.07, 6.45) is 0. The molecular weight excluding hydrogens is 236 g/mol. The van der Waals surface area contributed by atoms with Crippen molar-refractivity contribution in [2.24, 2.45) is 0 Å². The number of anilines is 1. The van der Waals surface area contributed by atoms with Crippen LogP contribution in [0.3, 0.4) is 0 Å². The Hall–Kier alpha value is -1.26. The van der Waals surface area contributed by atoms with Crippen LogP contribution in [-0.4, -0.2) is 34.6 Å². The van der Waals surface area contributed by atoms with Gasteiger partial charge in [-0.25, -0.2) is 4.98 Å². The zero-order valence-electron chi connectivity index (χ0n) is 10.3. The summed E-state index contributed by atoms with van der Waals surface area (Å²) >= 11 is 6.01. The molecule has 1 atom stereocenters. The van der Waals surface area contributed by atoms with E-state index in [4.69, 9.17) is 17.3 Å². The maximum absolute atomic E-state index is 6.01. The van der Waals surface area contributed by atoms with Gasteiger partial charge in [-0.3, -0.25) is 0 Å². The van der Waals surface area contributed by atoms with Gasteiger partial charge in [0.2, 0.25) is 5.95 Å². The first-order chi connectivity index (χ1) is 7.99. The van der Waals surface area contributed by atoms with Gasteiger partial charge in [0.25, 0.3) is 0 Å². The van der Waals surface area contributed by atoms with Crippen molar-refractivity contribution in [3.05, 3.63) is 23.2 Å². The molecule has 2 aromatic rings.